The highest BCUT2D eigenvalue weighted by molar-refractivity contribution is 5.85. The van der Waals surface area contributed by atoms with Crippen molar-refractivity contribution in [3.8, 4) is 5.75 Å². The molecule has 7 N–H and O–H groups in total. The number of hydrogen-bond donors (Lipinski definition) is 7. The molecule has 0 aromatic heterocycles. The first kappa shape index (κ1) is 30.7. The minimum Gasteiger partial charge on any atom is -0.508 e. The van der Waals surface area contributed by atoms with E-state index in [0.717, 1.165) is 22.3 Å². The number of phenolic OH excluding ortho intramolecular Hbond substituents is 1. The second kappa shape index (κ2) is 12.2. The number of ether oxygens (including phenoxy) is 1. The molecule has 0 spiro atoms. The van der Waals surface area contributed by atoms with Gasteiger partial charge < -0.3 is 40.7 Å². The van der Waals surface area contributed by atoms with Crippen LogP contribution in [-0.2, 0) is 16.0 Å². The summed E-state index contributed by atoms with van der Waals surface area (Å²) in [5.74, 6) is -0.303. The Morgan fingerprint density at radius 3 is 2.23 bits per heavy atom. The smallest absolute Gasteiger partial charge is 0.229 e. The summed E-state index contributed by atoms with van der Waals surface area (Å²) >= 11 is 0. The fourth-order valence-corrected chi connectivity index (χ4v) is 4.39. The highest BCUT2D eigenvalue weighted by Crippen LogP contribution is 2.38. The largest absolute Gasteiger partial charge is 0.508 e. The van der Waals surface area contributed by atoms with E-state index >= 15 is 0 Å². The molecule has 0 aliphatic carbocycles. The van der Waals surface area contributed by atoms with Crippen molar-refractivity contribution in [1.29, 1.82) is 0 Å². The molecule has 1 saturated heterocycles. The number of aryl methyl sites for hydroxylation is 1. The van der Waals surface area contributed by atoms with E-state index < -0.39 is 48.1 Å². The van der Waals surface area contributed by atoms with Crippen LogP contribution < -0.4 is 5.32 Å². The predicted molar refractivity (Wildman–Crippen MR) is 147 cm³/mol. The first-order valence-electron chi connectivity index (χ1n) is 13.0. The van der Waals surface area contributed by atoms with Crippen LogP contribution in [0.5, 0.6) is 5.75 Å². The molecule has 1 heterocycles. The van der Waals surface area contributed by atoms with Gasteiger partial charge in [-0.1, -0.05) is 36.4 Å². The van der Waals surface area contributed by atoms with Crippen molar-refractivity contribution in [2.24, 2.45) is 5.41 Å². The zero-order valence-electron chi connectivity index (χ0n) is 23.1. The Balaban J connectivity index is 1.76. The van der Waals surface area contributed by atoms with Gasteiger partial charge in [-0.25, -0.2) is 0 Å². The maximum atomic E-state index is 12.7. The molecule has 2 aromatic carbocycles. The molecule has 1 aliphatic rings. The zero-order chi connectivity index (χ0) is 29.1. The molecule has 1 amide bonds. The van der Waals surface area contributed by atoms with Crippen molar-refractivity contribution >= 4 is 12.0 Å². The zero-order valence-corrected chi connectivity index (χ0v) is 23.1. The number of benzene rings is 2. The summed E-state index contributed by atoms with van der Waals surface area (Å²) < 4.78 is 5.64. The summed E-state index contributed by atoms with van der Waals surface area (Å²) in [6, 6.07) is 11.1. The monoisotopic (exact) mass is 543 g/mol. The minimum atomic E-state index is -1.54. The van der Waals surface area contributed by atoms with Crippen LogP contribution in [0.3, 0.4) is 0 Å². The van der Waals surface area contributed by atoms with Gasteiger partial charge in [-0.3, -0.25) is 4.79 Å². The second-order valence-corrected chi connectivity index (χ2v) is 11.6. The number of carbonyl (C=O) groups excluding carboxylic acids is 1. The summed E-state index contributed by atoms with van der Waals surface area (Å²) in [7, 11) is 0. The van der Waals surface area contributed by atoms with Gasteiger partial charge >= 0.3 is 0 Å². The van der Waals surface area contributed by atoms with E-state index in [1.54, 1.807) is 39.8 Å². The molecule has 9 nitrogen and oxygen atoms in total. The van der Waals surface area contributed by atoms with Crippen molar-refractivity contribution in [2.45, 2.75) is 77.1 Å². The topological polar surface area (TPSA) is 160 Å². The number of aliphatic hydroxyl groups is 5. The lowest BCUT2D eigenvalue weighted by Crippen LogP contribution is -2.55. The number of phenols is 1. The average Bonchev–Trinajstić information content (AvgIpc) is 2.89. The van der Waals surface area contributed by atoms with Gasteiger partial charge in [0.05, 0.1) is 24.2 Å². The average molecular weight is 544 g/mol. The maximum absolute atomic E-state index is 12.7. The molecular weight excluding hydrogens is 502 g/mol. The van der Waals surface area contributed by atoms with Gasteiger partial charge in [-0.2, -0.15) is 0 Å². The van der Waals surface area contributed by atoms with Gasteiger partial charge in [0.15, 0.2) is 0 Å². The summed E-state index contributed by atoms with van der Waals surface area (Å²) in [5.41, 5.74) is 2.36. The van der Waals surface area contributed by atoms with E-state index in [2.05, 4.69) is 5.32 Å². The number of amides is 1. The van der Waals surface area contributed by atoms with Crippen LogP contribution >= 0.6 is 0 Å². The SMILES string of the molecule is Cc1cc(O)c([C@@H]2O[C@H](CO)[C@@H](O)[C@H](O)[C@H]2O)cc1Cc1ccc(/C=C/C(C)(C)C(=O)NC(C)(C)CO)cc1. The molecule has 1 aliphatic heterocycles. The summed E-state index contributed by atoms with van der Waals surface area (Å²) in [5, 5.41) is 63.2. The van der Waals surface area contributed by atoms with E-state index in [-0.39, 0.29) is 23.8 Å². The molecule has 5 atom stereocenters. The minimum absolute atomic E-state index is 0.116. The van der Waals surface area contributed by atoms with Crippen LogP contribution in [0.1, 0.15) is 61.6 Å². The van der Waals surface area contributed by atoms with Crippen molar-refractivity contribution in [3.63, 3.8) is 0 Å². The quantitative estimate of drug-likeness (QED) is 0.252. The van der Waals surface area contributed by atoms with Gasteiger partial charge in [0.2, 0.25) is 5.91 Å². The number of carbonyl (C=O) groups is 1. The lowest BCUT2D eigenvalue weighted by Gasteiger charge is -2.40. The maximum Gasteiger partial charge on any atom is 0.229 e. The first-order valence-corrected chi connectivity index (χ1v) is 13.0. The Bertz CT molecular complexity index is 1170. The molecule has 39 heavy (non-hydrogen) atoms. The third-order valence-electron chi connectivity index (χ3n) is 7.18. The fourth-order valence-electron chi connectivity index (χ4n) is 4.39. The molecule has 9 heteroatoms. The molecule has 0 bridgehead atoms. The second-order valence-electron chi connectivity index (χ2n) is 11.6. The Hall–Kier alpha value is -2.79. The van der Waals surface area contributed by atoms with Gasteiger partial charge in [0, 0.05) is 5.56 Å². The summed E-state index contributed by atoms with van der Waals surface area (Å²) in [4.78, 5) is 12.7. The fraction of sp³-hybridized carbons (Fsp3) is 0.500. The number of aromatic hydroxyl groups is 1. The van der Waals surface area contributed by atoms with E-state index in [1.165, 1.54) is 0 Å². The van der Waals surface area contributed by atoms with Crippen LogP contribution in [0, 0.1) is 12.3 Å². The van der Waals surface area contributed by atoms with Crippen LogP contribution in [-0.4, -0.2) is 79.7 Å². The number of nitrogens with one attached hydrogen (secondary N) is 1. The van der Waals surface area contributed by atoms with Crippen molar-refractivity contribution < 1.29 is 40.2 Å². The number of hydrogen-bond acceptors (Lipinski definition) is 8. The summed E-state index contributed by atoms with van der Waals surface area (Å²) in [6.45, 7) is 8.27. The molecule has 0 radical (unpaired) electrons. The molecule has 2 aromatic rings. The molecule has 0 unspecified atom stereocenters. The van der Waals surface area contributed by atoms with E-state index in [4.69, 9.17) is 4.74 Å². The van der Waals surface area contributed by atoms with E-state index in [9.17, 15) is 35.4 Å². The van der Waals surface area contributed by atoms with Crippen molar-refractivity contribution in [3.05, 3.63) is 70.3 Å². The molecular formula is C30H41NO8. The predicted octanol–water partition coefficient (Wildman–Crippen LogP) is 1.73. The third-order valence-corrected chi connectivity index (χ3v) is 7.18. The van der Waals surface area contributed by atoms with E-state index in [1.807, 2.05) is 43.3 Å². The van der Waals surface area contributed by atoms with Crippen molar-refractivity contribution in [2.75, 3.05) is 13.2 Å². The van der Waals surface area contributed by atoms with Gasteiger partial charge in [-0.05, 0) is 75.4 Å². The lowest BCUT2D eigenvalue weighted by atomic mass is 9.88. The van der Waals surface area contributed by atoms with E-state index in [0.29, 0.717) is 6.42 Å². The van der Waals surface area contributed by atoms with Crippen LogP contribution in [0.2, 0.25) is 0 Å². The first-order chi connectivity index (χ1) is 18.2. The highest BCUT2D eigenvalue weighted by atomic mass is 16.5. The standard InChI is InChI=1S/C30H41NO8/c1-17-12-22(34)21(27-26(37)25(36)24(35)23(15-32)39-27)14-20(17)13-19-8-6-18(7-9-19)10-11-29(2,3)28(38)31-30(4,5)16-33/h6-12,14,23-27,32-37H,13,15-16H2,1-5H3,(H,31,38)/b11-10+/t23-,24-,25+,26-,27+/m1/s1. The van der Waals surface area contributed by atoms with Crippen LogP contribution in [0.4, 0.5) is 0 Å². The van der Waals surface area contributed by atoms with Gasteiger partial charge in [0.1, 0.15) is 36.3 Å². The third kappa shape index (κ3) is 7.25. The Morgan fingerprint density at radius 1 is 1.00 bits per heavy atom. The number of rotatable bonds is 9. The Labute approximate surface area is 229 Å². The van der Waals surface area contributed by atoms with Gasteiger partial charge in [0.25, 0.3) is 0 Å². The van der Waals surface area contributed by atoms with Crippen LogP contribution in [0.15, 0.2) is 42.5 Å². The van der Waals surface area contributed by atoms with Gasteiger partial charge in [-0.15, -0.1) is 0 Å². The summed E-state index contributed by atoms with van der Waals surface area (Å²) in [6.07, 6.45) is -2.50. The Kier molecular flexibility index (Phi) is 9.59. The van der Waals surface area contributed by atoms with Crippen LogP contribution in [0.25, 0.3) is 6.08 Å². The molecule has 214 valence electrons. The molecule has 1 fully saturated rings. The lowest BCUT2D eigenvalue weighted by molar-refractivity contribution is -0.232. The Morgan fingerprint density at radius 2 is 1.64 bits per heavy atom. The molecule has 0 saturated carbocycles. The number of aliphatic hydroxyl groups excluding tert-OH is 5. The normalized spacial score (nSPS) is 24.2. The highest BCUT2D eigenvalue weighted by Gasteiger charge is 2.44. The van der Waals surface area contributed by atoms with Crippen molar-refractivity contribution in [1.82, 2.24) is 5.32 Å². The molecule has 3 rings (SSSR count).